The smallest absolute Gasteiger partial charge is 0.140 e. The Balaban J connectivity index is 2.58. The number of thioether (sulfide) groups is 1. The number of hydrogen-bond acceptors (Lipinski definition) is 3. The van der Waals surface area contributed by atoms with Crippen molar-refractivity contribution in [2.75, 3.05) is 5.75 Å². The minimum atomic E-state index is 0.277. The summed E-state index contributed by atoms with van der Waals surface area (Å²) < 4.78 is 0. The van der Waals surface area contributed by atoms with Gasteiger partial charge in [-0.25, -0.2) is 0 Å². The SMILES string of the molecule is CCCCCSC(C/C(N)=N/O)c1ccccc1. The Kier molecular flexibility index (Phi) is 7.34. The summed E-state index contributed by atoms with van der Waals surface area (Å²) in [5, 5.41) is 12.1. The molecule has 0 aliphatic heterocycles. The van der Waals surface area contributed by atoms with Crippen molar-refractivity contribution in [1.29, 1.82) is 0 Å². The van der Waals surface area contributed by atoms with Gasteiger partial charge < -0.3 is 10.9 Å². The van der Waals surface area contributed by atoms with E-state index in [4.69, 9.17) is 10.9 Å². The van der Waals surface area contributed by atoms with Crippen molar-refractivity contribution in [3.63, 3.8) is 0 Å². The monoisotopic (exact) mass is 266 g/mol. The number of nitrogens with zero attached hydrogens (tertiary/aromatic N) is 1. The molecule has 0 amide bonds. The van der Waals surface area contributed by atoms with Gasteiger partial charge in [-0.2, -0.15) is 11.8 Å². The molecule has 0 fully saturated rings. The number of benzene rings is 1. The molecular formula is C14H22N2OS. The van der Waals surface area contributed by atoms with Crippen LogP contribution in [0.2, 0.25) is 0 Å². The molecule has 0 saturated carbocycles. The van der Waals surface area contributed by atoms with Crippen LogP contribution >= 0.6 is 11.8 Å². The van der Waals surface area contributed by atoms with E-state index in [1.807, 2.05) is 30.0 Å². The van der Waals surface area contributed by atoms with Gasteiger partial charge in [-0.3, -0.25) is 0 Å². The van der Waals surface area contributed by atoms with Crippen LogP contribution in [0.5, 0.6) is 0 Å². The molecule has 0 saturated heterocycles. The van der Waals surface area contributed by atoms with Crippen LogP contribution in [0.3, 0.4) is 0 Å². The summed E-state index contributed by atoms with van der Waals surface area (Å²) in [7, 11) is 0. The van der Waals surface area contributed by atoms with Gasteiger partial charge in [0.1, 0.15) is 5.84 Å². The molecule has 1 unspecified atom stereocenters. The molecule has 4 heteroatoms. The second kappa shape index (κ2) is 8.86. The second-order valence-electron chi connectivity index (χ2n) is 4.27. The van der Waals surface area contributed by atoms with E-state index in [0.717, 1.165) is 5.75 Å². The van der Waals surface area contributed by atoms with Crippen LogP contribution < -0.4 is 5.73 Å². The molecule has 18 heavy (non-hydrogen) atoms. The lowest BCUT2D eigenvalue weighted by Gasteiger charge is -2.16. The van der Waals surface area contributed by atoms with E-state index in [1.165, 1.54) is 24.8 Å². The highest BCUT2D eigenvalue weighted by atomic mass is 32.2. The fraction of sp³-hybridized carbons (Fsp3) is 0.500. The van der Waals surface area contributed by atoms with E-state index in [9.17, 15) is 0 Å². The fourth-order valence-electron chi connectivity index (χ4n) is 1.75. The van der Waals surface area contributed by atoms with Crippen molar-refractivity contribution >= 4 is 17.6 Å². The van der Waals surface area contributed by atoms with Crippen molar-refractivity contribution in [1.82, 2.24) is 0 Å². The van der Waals surface area contributed by atoms with Crippen molar-refractivity contribution in [2.45, 2.75) is 37.9 Å². The first-order valence-electron chi connectivity index (χ1n) is 6.40. The summed E-state index contributed by atoms with van der Waals surface area (Å²) in [4.78, 5) is 0. The predicted octanol–water partition coefficient (Wildman–Crippen LogP) is 3.79. The van der Waals surface area contributed by atoms with Crippen LogP contribution in [0.1, 0.15) is 43.4 Å². The van der Waals surface area contributed by atoms with Gasteiger partial charge in [0.05, 0.1) is 0 Å². The molecule has 0 aliphatic rings. The minimum absolute atomic E-state index is 0.277. The summed E-state index contributed by atoms with van der Waals surface area (Å²) in [6, 6.07) is 10.3. The zero-order valence-corrected chi connectivity index (χ0v) is 11.7. The average Bonchev–Trinajstić information content (AvgIpc) is 2.43. The Bertz CT molecular complexity index is 354. The van der Waals surface area contributed by atoms with Crippen molar-refractivity contribution < 1.29 is 5.21 Å². The molecule has 0 radical (unpaired) electrons. The standard InChI is InChI=1S/C14H22N2OS/c1-2-3-7-10-18-13(11-14(15)16-17)12-8-5-4-6-9-12/h4-6,8-9,13,17H,2-3,7,10-11H2,1H3,(H2,15,16). The lowest BCUT2D eigenvalue weighted by Crippen LogP contribution is -2.15. The van der Waals surface area contributed by atoms with Gasteiger partial charge in [0.25, 0.3) is 0 Å². The lowest BCUT2D eigenvalue weighted by molar-refractivity contribution is 0.317. The van der Waals surface area contributed by atoms with Crippen LogP contribution in [0.15, 0.2) is 35.5 Å². The third-order valence-corrected chi connectivity index (χ3v) is 4.13. The van der Waals surface area contributed by atoms with E-state index in [-0.39, 0.29) is 5.25 Å². The van der Waals surface area contributed by atoms with Gasteiger partial charge in [-0.15, -0.1) is 0 Å². The van der Waals surface area contributed by atoms with Crippen molar-refractivity contribution in [3.05, 3.63) is 35.9 Å². The quantitative estimate of drug-likeness (QED) is 0.247. The van der Waals surface area contributed by atoms with Crippen LogP contribution in [-0.4, -0.2) is 16.8 Å². The Hall–Kier alpha value is -1.16. The predicted molar refractivity (Wildman–Crippen MR) is 79.2 cm³/mol. The van der Waals surface area contributed by atoms with Crippen molar-refractivity contribution in [2.24, 2.45) is 10.9 Å². The molecule has 0 aromatic heterocycles. The van der Waals surface area contributed by atoms with E-state index in [1.54, 1.807) is 0 Å². The van der Waals surface area contributed by atoms with Gasteiger partial charge in [0.2, 0.25) is 0 Å². The Morgan fingerprint density at radius 3 is 2.67 bits per heavy atom. The normalized spacial score (nSPS) is 13.5. The Morgan fingerprint density at radius 2 is 2.06 bits per heavy atom. The average molecular weight is 266 g/mol. The number of rotatable bonds is 8. The summed E-state index contributed by atoms with van der Waals surface area (Å²) >= 11 is 1.89. The molecule has 0 spiro atoms. The number of hydrogen-bond donors (Lipinski definition) is 2. The summed E-state index contributed by atoms with van der Waals surface area (Å²) in [5.74, 6) is 1.42. The maximum Gasteiger partial charge on any atom is 0.140 e. The number of unbranched alkanes of at least 4 members (excludes halogenated alkanes) is 2. The largest absolute Gasteiger partial charge is 0.409 e. The molecule has 100 valence electrons. The van der Waals surface area contributed by atoms with E-state index in [2.05, 4.69) is 24.2 Å². The molecule has 1 aromatic carbocycles. The highest BCUT2D eigenvalue weighted by Crippen LogP contribution is 2.32. The number of amidine groups is 1. The first-order chi connectivity index (χ1) is 8.77. The lowest BCUT2D eigenvalue weighted by atomic mass is 10.1. The van der Waals surface area contributed by atoms with Gasteiger partial charge >= 0.3 is 0 Å². The molecule has 3 N–H and O–H groups in total. The van der Waals surface area contributed by atoms with Crippen LogP contribution in [0.25, 0.3) is 0 Å². The molecule has 0 heterocycles. The zero-order chi connectivity index (χ0) is 13.2. The third kappa shape index (κ3) is 5.45. The molecule has 1 atom stereocenters. The first kappa shape index (κ1) is 14.9. The molecule has 0 aliphatic carbocycles. The maximum absolute atomic E-state index is 8.69. The van der Waals surface area contributed by atoms with Crippen molar-refractivity contribution in [3.8, 4) is 0 Å². The highest BCUT2D eigenvalue weighted by molar-refractivity contribution is 7.99. The summed E-state index contributed by atoms with van der Waals surface area (Å²) in [6.45, 7) is 2.20. The zero-order valence-electron chi connectivity index (χ0n) is 10.9. The maximum atomic E-state index is 8.69. The molecule has 3 nitrogen and oxygen atoms in total. The second-order valence-corrected chi connectivity index (χ2v) is 5.58. The van der Waals surface area contributed by atoms with Gasteiger partial charge in [-0.05, 0) is 17.7 Å². The van der Waals surface area contributed by atoms with E-state index in [0.29, 0.717) is 12.3 Å². The molecule has 0 bridgehead atoms. The van der Waals surface area contributed by atoms with Gasteiger partial charge in [-0.1, -0.05) is 55.3 Å². The molecule has 1 rings (SSSR count). The minimum Gasteiger partial charge on any atom is -0.409 e. The summed E-state index contributed by atoms with van der Waals surface area (Å²) in [6.07, 6.45) is 4.31. The number of nitrogens with two attached hydrogens (primary N) is 1. The van der Waals surface area contributed by atoms with E-state index < -0.39 is 0 Å². The number of oxime groups is 1. The van der Waals surface area contributed by atoms with Gasteiger partial charge in [0, 0.05) is 11.7 Å². The Labute approximate surface area is 113 Å². The van der Waals surface area contributed by atoms with Gasteiger partial charge in [0.15, 0.2) is 0 Å². The van der Waals surface area contributed by atoms with Crippen LogP contribution in [0, 0.1) is 0 Å². The third-order valence-electron chi connectivity index (χ3n) is 2.76. The Morgan fingerprint density at radius 1 is 1.33 bits per heavy atom. The molecule has 1 aromatic rings. The molecular weight excluding hydrogens is 244 g/mol. The summed E-state index contributed by atoms with van der Waals surface area (Å²) in [5.41, 5.74) is 6.87. The fourth-order valence-corrected chi connectivity index (χ4v) is 3.04. The van der Waals surface area contributed by atoms with Crippen LogP contribution in [0.4, 0.5) is 0 Å². The topological polar surface area (TPSA) is 58.6 Å². The highest BCUT2D eigenvalue weighted by Gasteiger charge is 2.13. The van der Waals surface area contributed by atoms with E-state index >= 15 is 0 Å². The first-order valence-corrected chi connectivity index (χ1v) is 7.45. The van der Waals surface area contributed by atoms with Crippen LogP contribution in [-0.2, 0) is 0 Å².